The van der Waals surface area contributed by atoms with E-state index in [0.29, 0.717) is 6.04 Å². The van der Waals surface area contributed by atoms with E-state index in [1.165, 1.54) is 0 Å². The number of nitrogens with zero attached hydrogens (tertiary/aromatic N) is 1. The minimum atomic E-state index is -0.456. The van der Waals surface area contributed by atoms with Crippen LogP contribution in [0.3, 0.4) is 0 Å². The molecule has 1 rings (SSSR count). The Morgan fingerprint density at radius 1 is 1.64 bits per heavy atom. The summed E-state index contributed by atoms with van der Waals surface area (Å²) in [6.07, 6.45) is 0. The van der Waals surface area contributed by atoms with Crippen molar-refractivity contribution in [2.75, 3.05) is 26.8 Å². The van der Waals surface area contributed by atoms with E-state index >= 15 is 0 Å². The molecule has 0 aromatic carbocycles. The molecule has 1 saturated heterocycles. The Morgan fingerprint density at radius 2 is 2.18 bits per heavy atom. The molecule has 3 nitrogen and oxygen atoms in total. The quantitative estimate of drug-likeness (QED) is 0.633. The second-order valence-corrected chi connectivity index (χ2v) is 3.71. The molecule has 0 bridgehead atoms. The first-order valence-electron chi connectivity index (χ1n) is 4.00. The van der Waals surface area contributed by atoms with Gasteiger partial charge in [0.2, 0.25) is 0 Å². The van der Waals surface area contributed by atoms with Crippen LogP contribution in [-0.2, 0) is 4.74 Å². The molecule has 1 unspecified atom stereocenters. The zero-order chi connectivity index (χ0) is 8.48. The Hall–Kier alpha value is -0.120. The monoisotopic (exact) mass is 159 g/mol. The molecule has 1 atom stereocenters. The molecule has 0 aliphatic carbocycles. The first-order chi connectivity index (χ1) is 5.05. The van der Waals surface area contributed by atoms with Crippen LogP contribution in [-0.4, -0.2) is 48.5 Å². The van der Waals surface area contributed by atoms with Crippen molar-refractivity contribution >= 4 is 0 Å². The van der Waals surface area contributed by atoms with Crippen LogP contribution in [0.25, 0.3) is 0 Å². The average Bonchev–Trinajstić information content (AvgIpc) is 1.83. The molecule has 0 aromatic rings. The van der Waals surface area contributed by atoms with Crippen molar-refractivity contribution < 1.29 is 9.84 Å². The highest BCUT2D eigenvalue weighted by molar-refractivity contribution is 4.93. The lowest BCUT2D eigenvalue weighted by Crippen LogP contribution is -2.63. The van der Waals surface area contributed by atoms with Crippen LogP contribution < -0.4 is 0 Å². The van der Waals surface area contributed by atoms with E-state index in [1.807, 2.05) is 6.92 Å². The van der Waals surface area contributed by atoms with Gasteiger partial charge in [-0.1, -0.05) is 0 Å². The van der Waals surface area contributed by atoms with Crippen molar-refractivity contribution in [1.29, 1.82) is 0 Å². The summed E-state index contributed by atoms with van der Waals surface area (Å²) in [5.74, 6) is 0. The number of methoxy groups -OCH3 is 1. The van der Waals surface area contributed by atoms with Gasteiger partial charge in [-0.3, -0.25) is 4.90 Å². The van der Waals surface area contributed by atoms with E-state index in [9.17, 15) is 5.11 Å². The van der Waals surface area contributed by atoms with Gasteiger partial charge < -0.3 is 9.84 Å². The normalized spacial score (nSPS) is 26.2. The second kappa shape index (κ2) is 3.09. The second-order valence-electron chi connectivity index (χ2n) is 3.71. The number of β-amino-alcohol motifs (C(OH)–C–C–N with tert-alkyl or cyclic N) is 1. The van der Waals surface area contributed by atoms with Crippen molar-refractivity contribution in [1.82, 2.24) is 4.90 Å². The van der Waals surface area contributed by atoms with Crippen LogP contribution in [0.1, 0.15) is 13.8 Å². The average molecular weight is 159 g/mol. The Morgan fingerprint density at radius 3 is 2.55 bits per heavy atom. The SMILES string of the molecule is COCC(C)N1CC(C)(O)C1. The van der Waals surface area contributed by atoms with E-state index in [0.717, 1.165) is 19.7 Å². The summed E-state index contributed by atoms with van der Waals surface area (Å²) >= 11 is 0. The molecule has 1 heterocycles. The zero-order valence-electron chi connectivity index (χ0n) is 7.50. The van der Waals surface area contributed by atoms with Gasteiger partial charge in [-0.2, -0.15) is 0 Å². The molecule has 1 fully saturated rings. The third-order valence-electron chi connectivity index (χ3n) is 2.12. The van der Waals surface area contributed by atoms with Gasteiger partial charge in [0.1, 0.15) is 0 Å². The number of rotatable bonds is 3. The maximum atomic E-state index is 9.42. The molecule has 0 saturated carbocycles. The fraction of sp³-hybridized carbons (Fsp3) is 1.00. The van der Waals surface area contributed by atoms with Crippen LogP contribution in [0.2, 0.25) is 0 Å². The minimum Gasteiger partial charge on any atom is -0.388 e. The first-order valence-corrected chi connectivity index (χ1v) is 4.00. The molecule has 1 N–H and O–H groups in total. The predicted octanol–water partition coefficient (Wildman–Crippen LogP) is 0.0879. The summed E-state index contributed by atoms with van der Waals surface area (Å²) in [5.41, 5.74) is -0.456. The Balaban J connectivity index is 2.21. The van der Waals surface area contributed by atoms with Crippen molar-refractivity contribution in [2.24, 2.45) is 0 Å². The molecular formula is C8H17NO2. The summed E-state index contributed by atoms with van der Waals surface area (Å²) < 4.78 is 5.01. The highest BCUT2D eigenvalue weighted by atomic mass is 16.5. The summed E-state index contributed by atoms with van der Waals surface area (Å²) in [6, 6.07) is 0.431. The largest absolute Gasteiger partial charge is 0.388 e. The number of hydrogen-bond acceptors (Lipinski definition) is 3. The maximum absolute atomic E-state index is 9.42. The third kappa shape index (κ3) is 2.15. The molecule has 1 aliphatic heterocycles. The fourth-order valence-corrected chi connectivity index (χ4v) is 1.49. The molecule has 66 valence electrons. The standard InChI is InChI=1S/C8H17NO2/c1-7(4-11-3)9-5-8(2,10)6-9/h7,10H,4-6H2,1-3H3. The van der Waals surface area contributed by atoms with Gasteiger partial charge in [0, 0.05) is 26.2 Å². The lowest BCUT2D eigenvalue weighted by atomic mass is 9.95. The highest BCUT2D eigenvalue weighted by Gasteiger charge is 2.38. The van der Waals surface area contributed by atoms with Crippen molar-refractivity contribution in [2.45, 2.75) is 25.5 Å². The summed E-state index contributed by atoms with van der Waals surface area (Å²) in [6.45, 7) is 6.27. The van der Waals surface area contributed by atoms with Gasteiger partial charge in [-0.25, -0.2) is 0 Å². The molecule has 0 radical (unpaired) electrons. The topological polar surface area (TPSA) is 32.7 Å². The Labute approximate surface area is 68.0 Å². The van der Waals surface area contributed by atoms with Crippen LogP contribution in [0, 0.1) is 0 Å². The van der Waals surface area contributed by atoms with Crippen molar-refractivity contribution in [3.05, 3.63) is 0 Å². The summed E-state index contributed by atoms with van der Waals surface area (Å²) in [5, 5.41) is 9.42. The number of aliphatic hydroxyl groups is 1. The van der Waals surface area contributed by atoms with Crippen molar-refractivity contribution in [3.63, 3.8) is 0 Å². The lowest BCUT2D eigenvalue weighted by molar-refractivity contribution is -0.108. The van der Waals surface area contributed by atoms with Crippen LogP contribution in [0.5, 0.6) is 0 Å². The van der Waals surface area contributed by atoms with Gasteiger partial charge in [0.25, 0.3) is 0 Å². The van der Waals surface area contributed by atoms with Crippen LogP contribution in [0.4, 0.5) is 0 Å². The molecule has 1 aliphatic rings. The molecule has 0 aromatic heterocycles. The van der Waals surface area contributed by atoms with E-state index in [2.05, 4.69) is 11.8 Å². The number of ether oxygens (including phenoxy) is 1. The fourth-order valence-electron chi connectivity index (χ4n) is 1.49. The predicted molar refractivity (Wildman–Crippen MR) is 43.5 cm³/mol. The summed E-state index contributed by atoms with van der Waals surface area (Å²) in [4.78, 5) is 2.21. The van der Waals surface area contributed by atoms with Crippen molar-refractivity contribution in [3.8, 4) is 0 Å². The van der Waals surface area contributed by atoms with E-state index in [-0.39, 0.29) is 0 Å². The molecule has 0 spiro atoms. The Kier molecular flexibility index (Phi) is 2.52. The summed E-state index contributed by atoms with van der Waals surface area (Å²) in [7, 11) is 1.70. The third-order valence-corrected chi connectivity index (χ3v) is 2.12. The highest BCUT2D eigenvalue weighted by Crippen LogP contribution is 2.21. The van der Waals surface area contributed by atoms with Crippen LogP contribution >= 0.6 is 0 Å². The minimum absolute atomic E-state index is 0.431. The molecule has 11 heavy (non-hydrogen) atoms. The Bertz CT molecular complexity index is 128. The van der Waals surface area contributed by atoms with Crippen LogP contribution in [0.15, 0.2) is 0 Å². The lowest BCUT2D eigenvalue weighted by Gasteiger charge is -2.47. The van der Waals surface area contributed by atoms with E-state index < -0.39 is 5.60 Å². The van der Waals surface area contributed by atoms with Gasteiger partial charge in [-0.05, 0) is 13.8 Å². The van der Waals surface area contributed by atoms with Gasteiger partial charge in [0.15, 0.2) is 0 Å². The van der Waals surface area contributed by atoms with E-state index in [4.69, 9.17) is 4.74 Å². The number of hydrogen-bond donors (Lipinski definition) is 1. The van der Waals surface area contributed by atoms with Gasteiger partial charge in [0.05, 0.1) is 12.2 Å². The smallest absolute Gasteiger partial charge is 0.0872 e. The maximum Gasteiger partial charge on any atom is 0.0872 e. The first kappa shape index (κ1) is 8.97. The zero-order valence-corrected chi connectivity index (χ0v) is 7.50. The molecular weight excluding hydrogens is 142 g/mol. The van der Waals surface area contributed by atoms with Gasteiger partial charge >= 0.3 is 0 Å². The van der Waals surface area contributed by atoms with Gasteiger partial charge in [-0.15, -0.1) is 0 Å². The molecule has 0 amide bonds. The van der Waals surface area contributed by atoms with E-state index in [1.54, 1.807) is 7.11 Å². The number of likely N-dealkylation sites (tertiary alicyclic amines) is 1. The molecule has 3 heteroatoms.